The molecular weight excluding hydrogens is 350 g/mol. The molecule has 0 radical (unpaired) electrons. The Morgan fingerprint density at radius 1 is 1.23 bits per heavy atom. The topological polar surface area (TPSA) is 73.3 Å². The van der Waals surface area contributed by atoms with Crippen molar-refractivity contribution in [2.24, 2.45) is 5.92 Å². The fourth-order valence-electron chi connectivity index (χ4n) is 2.36. The van der Waals surface area contributed by atoms with E-state index >= 15 is 0 Å². The van der Waals surface area contributed by atoms with Crippen molar-refractivity contribution < 1.29 is 14.3 Å². The molecule has 0 amide bonds. The summed E-state index contributed by atoms with van der Waals surface area (Å²) in [6, 6.07) is 7.64. The molecule has 0 aliphatic heterocycles. The number of hydrogen-bond acceptors (Lipinski definition) is 7. The van der Waals surface area contributed by atoms with Gasteiger partial charge in [-0.15, -0.1) is 11.3 Å². The van der Waals surface area contributed by atoms with Gasteiger partial charge in [-0.05, 0) is 37.1 Å². The number of carbonyl (C=O) groups excluding carboxylic acids is 1. The minimum atomic E-state index is -0.367. The lowest BCUT2D eigenvalue weighted by Gasteiger charge is -2.11. The highest BCUT2D eigenvalue weighted by Gasteiger charge is 2.18. The molecule has 0 aliphatic rings. The maximum atomic E-state index is 12.2. The molecule has 3 aromatic rings. The third-order valence-electron chi connectivity index (χ3n) is 3.57. The highest BCUT2D eigenvalue weighted by atomic mass is 32.1. The Kier molecular flexibility index (Phi) is 5.68. The molecule has 0 fully saturated rings. The zero-order chi connectivity index (χ0) is 18.5. The van der Waals surface area contributed by atoms with Gasteiger partial charge in [0, 0.05) is 11.1 Å². The van der Waals surface area contributed by atoms with Crippen molar-refractivity contribution in [2.45, 2.75) is 20.8 Å². The second kappa shape index (κ2) is 8.14. The first-order valence-electron chi connectivity index (χ1n) is 8.47. The van der Waals surface area contributed by atoms with E-state index in [9.17, 15) is 4.79 Å². The number of fused-ring (bicyclic) bond motifs is 1. The summed E-state index contributed by atoms with van der Waals surface area (Å²) in [4.78, 5) is 21.5. The predicted octanol–water partition coefficient (Wildman–Crippen LogP) is 4.65. The van der Waals surface area contributed by atoms with Gasteiger partial charge in [-0.2, -0.15) is 0 Å². The quantitative estimate of drug-likeness (QED) is 0.610. The molecular formula is C19H21N3O3S. The highest BCUT2D eigenvalue weighted by molar-refractivity contribution is 7.17. The number of benzene rings is 1. The van der Waals surface area contributed by atoms with E-state index in [1.807, 2.05) is 24.3 Å². The standard InChI is InChI=1S/C19H21N3O3S/c1-4-24-19(23)15-10-26-18-16(15)17(20-11-21-18)22-13-5-7-14(8-6-13)25-9-12(2)3/h5-8,10-12H,4,9H2,1-3H3,(H,20,21,22). The first-order chi connectivity index (χ1) is 12.6. The summed E-state index contributed by atoms with van der Waals surface area (Å²) in [6.07, 6.45) is 1.48. The minimum Gasteiger partial charge on any atom is -0.493 e. The molecule has 1 aromatic carbocycles. The van der Waals surface area contributed by atoms with Crippen molar-refractivity contribution in [3.63, 3.8) is 0 Å². The van der Waals surface area contributed by atoms with Gasteiger partial charge in [-0.3, -0.25) is 0 Å². The molecule has 0 saturated heterocycles. The van der Waals surface area contributed by atoms with Crippen LogP contribution in [0, 0.1) is 5.92 Å². The highest BCUT2D eigenvalue weighted by Crippen LogP contribution is 2.31. The Morgan fingerprint density at radius 3 is 2.69 bits per heavy atom. The summed E-state index contributed by atoms with van der Waals surface area (Å²) in [5.74, 6) is 1.51. The summed E-state index contributed by atoms with van der Waals surface area (Å²) in [5.41, 5.74) is 1.33. The Labute approximate surface area is 156 Å². The molecule has 1 N–H and O–H groups in total. The van der Waals surface area contributed by atoms with Crippen molar-refractivity contribution >= 4 is 39.0 Å². The van der Waals surface area contributed by atoms with Gasteiger partial charge in [0.25, 0.3) is 0 Å². The molecule has 0 atom stereocenters. The van der Waals surface area contributed by atoms with Crippen LogP contribution >= 0.6 is 11.3 Å². The second-order valence-electron chi connectivity index (χ2n) is 6.13. The molecule has 0 saturated carbocycles. The Bertz CT molecular complexity index is 891. The van der Waals surface area contributed by atoms with Crippen LogP contribution in [0.5, 0.6) is 5.75 Å². The lowest BCUT2D eigenvalue weighted by molar-refractivity contribution is 0.0529. The number of rotatable bonds is 7. The number of thiophene rings is 1. The predicted molar refractivity (Wildman–Crippen MR) is 103 cm³/mol. The normalized spacial score (nSPS) is 10.9. The van der Waals surface area contributed by atoms with Crippen LogP contribution in [0.3, 0.4) is 0 Å². The van der Waals surface area contributed by atoms with Crippen LogP contribution in [0.2, 0.25) is 0 Å². The molecule has 2 heterocycles. The molecule has 0 unspecified atom stereocenters. The fraction of sp³-hybridized carbons (Fsp3) is 0.316. The molecule has 26 heavy (non-hydrogen) atoms. The molecule has 0 aliphatic carbocycles. The number of anilines is 2. The molecule has 6 nitrogen and oxygen atoms in total. The molecule has 2 aromatic heterocycles. The second-order valence-corrected chi connectivity index (χ2v) is 6.98. The number of nitrogens with zero attached hydrogens (tertiary/aromatic N) is 2. The van der Waals surface area contributed by atoms with Crippen LogP contribution in [0.1, 0.15) is 31.1 Å². The maximum Gasteiger partial charge on any atom is 0.339 e. The van der Waals surface area contributed by atoms with E-state index in [1.165, 1.54) is 17.7 Å². The summed E-state index contributed by atoms with van der Waals surface area (Å²) in [5, 5.41) is 5.69. The van der Waals surface area contributed by atoms with E-state index in [4.69, 9.17) is 9.47 Å². The number of aromatic nitrogens is 2. The summed E-state index contributed by atoms with van der Waals surface area (Å²) in [6.45, 7) is 7.00. The number of ether oxygens (including phenoxy) is 2. The zero-order valence-corrected chi connectivity index (χ0v) is 15.8. The van der Waals surface area contributed by atoms with E-state index in [0.717, 1.165) is 16.3 Å². The van der Waals surface area contributed by atoms with Gasteiger partial charge in [-0.25, -0.2) is 14.8 Å². The monoisotopic (exact) mass is 371 g/mol. The smallest absolute Gasteiger partial charge is 0.339 e. The number of esters is 1. The average Bonchev–Trinajstić information content (AvgIpc) is 3.06. The summed E-state index contributed by atoms with van der Waals surface area (Å²) in [7, 11) is 0. The lowest BCUT2D eigenvalue weighted by atomic mass is 10.2. The van der Waals surface area contributed by atoms with Crippen LogP contribution in [-0.4, -0.2) is 29.2 Å². The maximum absolute atomic E-state index is 12.2. The number of carbonyl (C=O) groups is 1. The molecule has 7 heteroatoms. The third-order valence-corrected chi connectivity index (χ3v) is 4.45. The van der Waals surface area contributed by atoms with Gasteiger partial charge in [0.2, 0.25) is 0 Å². The summed E-state index contributed by atoms with van der Waals surface area (Å²) < 4.78 is 10.8. The molecule has 0 bridgehead atoms. The Hall–Kier alpha value is -2.67. The van der Waals surface area contributed by atoms with Gasteiger partial charge in [0.15, 0.2) is 0 Å². The van der Waals surface area contributed by atoms with Crippen LogP contribution in [0.4, 0.5) is 11.5 Å². The van der Waals surface area contributed by atoms with Gasteiger partial charge in [0.1, 0.15) is 22.7 Å². The molecule has 3 rings (SSSR count). The Balaban J connectivity index is 1.84. The van der Waals surface area contributed by atoms with Gasteiger partial charge < -0.3 is 14.8 Å². The van der Waals surface area contributed by atoms with Crippen molar-refractivity contribution in [1.82, 2.24) is 9.97 Å². The van der Waals surface area contributed by atoms with Gasteiger partial charge >= 0.3 is 5.97 Å². The van der Waals surface area contributed by atoms with Crippen LogP contribution in [0.25, 0.3) is 10.2 Å². The largest absolute Gasteiger partial charge is 0.493 e. The van der Waals surface area contributed by atoms with Gasteiger partial charge in [-0.1, -0.05) is 13.8 Å². The van der Waals surface area contributed by atoms with E-state index in [2.05, 4.69) is 29.1 Å². The van der Waals surface area contributed by atoms with Crippen molar-refractivity contribution in [3.8, 4) is 5.75 Å². The van der Waals surface area contributed by atoms with E-state index in [1.54, 1.807) is 12.3 Å². The van der Waals surface area contributed by atoms with E-state index < -0.39 is 0 Å². The fourth-order valence-corrected chi connectivity index (χ4v) is 3.24. The van der Waals surface area contributed by atoms with Crippen LogP contribution in [0.15, 0.2) is 36.0 Å². The Morgan fingerprint density at radius 2 is 2.00 bits per heavy atom. The van der Waals surface area contributed by atoms with Crippen LogP contribution < -0.4 is 10.1 Å². The van der Waals surface area contributed by atoms with Crippen molar-refractivity contribution in [2.75, 3.05) is 18.5 Å². The molecule has 136 valence electrons. The minimum absolute atomic E-state index is 0.324. The van der Waals surface area contributed by atoms with Crippen molar-refractivity contribution in [3.05, 3.63) is 41.5 Å². The first-order valence-corrected chi connectivity index (χ1v) is 9.35. The third kappa shape index (κ3) is 4.11. The zero-order valence-electron chi connectivity index (χ0n) is 15.0. The molecule has 0 spiro atoms. The van der Waals surface area contributed by atoms with Crippen LogP contribution in [-0.2, 0) is 4.74 Å². The van der Waals surface area contributed by atoms with E-state index in [-0.39, 0.29) is 5.97 Å². The van der Waals surface area contributed by atoms with E-state index in [0.29, 0.717) is 35.9 Å². The SMILES string of the molecule is CCOC(=O)c1csc2ncnc(Nc3ccc(OCC(C)C)cc3)c12. The first kappa shape index (κ1) is 18.1. The van der Waals surface area contributed by atoms with Gasteiger partial charge in [0.05, 0.1) is 24.2 Å². The van der Waals surface area contributed by atoms with Crippen molar-refractivity contribution in [1.29, 1.82) is 0 Å². The average molecular weight is 371 g/mol. The summed E-state index contributed by atoms with van der Waals surface area (Å²) >= 11 is 1.39. The number of nitrogens with one attached hydrogen (secondary N) is 1. The number of hydrogen-bond donors (Lipinski definition) is 1. The lowest BCUT2D eigenvalue weighted by Crippen LogP contribution is -2.05.